The minimum Gasteiger partial charge on any atom is -0.486 e. The van der Waals surface area contributed by atoms with Gasteiger partial charge in [0.2, 0.25) is 0 Å². The zero-order valence-corrected chi connectivity index (χ0v) is 13.1. The smallest absolute Gasteiger partial charge is 0.162 e. The number of ether oxygens (including phenoxy) is 2. The summed E-state index contributed by atoms with van der Waals surface area (Å²) in [5.41, 5.74) is 1.08. The number of alkyl halides is 1. The van der Waals surface area contributed by atoms with Crippen molar-refractivity contribution in [3.63, 3.8) is 0 Å². The molecule has 2 unspecified atom stereocenters. The maximum Gasteiger partial charge on any atom is 0.162 e. The van der Waals surface area contributed by atoms with Crippen molar-refractivity contribution in [2.24, 2.45) is 5.92 Å². The van der Waals surface area contributed by atoms with Crippen molar-refractivity contribution in [2.45, 2.75) is 31.5 Å². The fourth-order valence-electron chi connectivity index (χ4n) is 1.97. The first-order valence-corrected chi connectivity index (χ1v) is 7.64. The molecule has 2 nitrogen and oxygen atoms in total. The van der Waals surface area contributed by atoms with Gasteiger partial charge in [0, 0.05) is 15.9 Å². The molecule has 18 heavy (non-hydrogen) atoms. The maximum absolute atomic E-state index is 6.32. The highest BCUT2D eigenvalue weighted by molar-refractivity contribution is 9.09. The molecule has 0 bridgehead atoms. The summed E-state index contributed by atoms with van der Waals surface area (Å²) >= 11 is 10.0. The fourth-order valence-corrected chi connectivity index (χ4v) is 3.40. The summed E-state index contributed by atoms with van der Waals surface area (Å²) in [6.45, 7) is 5.65. The summed E-state index contributed by atoms with van der Waals surface area (Å²) in [5.74, 6) is 2.21. The lowest BCUT2D eigenvalue weighted by atomic mass is 9.98. The van der Waals surface area contributed by atoms with Crippen molar-refractivity contribution in [1.82, 2.24) is 0 Å². The molecular weight excluding hydrogens is 316 g/mol. The Labute approximate surface area is 122 Å². The second kappa shape index (κ2) is 6.16. The lowest BCUT2D eigenvalue weighted by Gasteiger charge is -2.22. The Balaban J connectivity index is 2.22. The Kier molecular flexibility index (Phi) is 4.79. The second-order valence-electron chi connectivity index (χ2n) is 4.73. The molecule has 1 aromatic rings. The third-order valence-corrected chi connectivity index (χ3v) is 4.50. The van der Waals surface area contributed by atoms with Gasteiger partial charge < -0.3 is 9.47 Å². The van der Waals surface area contributed by atoms with Gasteiger partial charge in [-0.2, -0.15) is 0 Å². The largest absolute Gasteiger partial charge is 0.486 e. The molecular formula is C14H18BrClO2. The van der Waals surface area contributed by atoms with Crippen LogP contribution < -0.4 is 9.47 Å². The SMILES string of the molecule is CCC(C)CC(Br)c1cc2c(cc1Cl)OCCO2. The molecule has 0 aliphatic carbocycles. The molecule has 0 fully saturated rings. The van der Waals surface area contributed by atoms with Crippen LogP contribution in [-0.2, 0) is 0 Å². The predicted molar refractivity (Wildman–Crippen MR) is 78.2 cm³/mol. The van der Waals surface area contributed by atoms with Gasteiger partial charge in [0.15, 0.2) is 11.5 Å². The van der Waals surface area contributed by atoms with Gasteiger partial charge in [0.05, 0.1) is 0 Å². The van der Waals surface area contributed by atoms with Crippen LogP contribution in [0.25, 0.3) is 0 Å². The van der Waals surface area contributed by atoms with Gasteiger partial charge in [0.1, 0.15) is 13.2 Å². The van der Waals surface area contributed by atoms with E-state index in [1.165, 1.54) is 6.42 Å². The molecule has 0 amide bonds. The first kappa shape index (κ1) is 14.0. The Morgan fingerprint density at radius 3 is 2.50 bits per heavy atom. The summed E-state index contributed by atoms with van der Waals surface area (Å²) in [5, 5.41) is 0.740. The fraction of sp³-hybridized carbons (Fsp3) is 0.571. The average molecular weight is 334 g/mol. The zero-order chi connectivity index (χ0) is 13.1. The van der Waals surface area contributed by atoms with Crippen molar-refractivity contribution >= 4 is 27.5 Å². The van der Waals surface area contributed by atoms with E-state index in [1.54, 1.807) is 0 Å². The first-order chi connectivity index (χ1) is 8.61. The van der Waals surface area contributed by atoms with Crippen molar-refractivity contribution in [3.05, 3.63) is 22.7 Å². The maximum atomic E-state index is 6.32. The van der Waals surface area contributed by atoms with E-state index in [1.807, 2.05) is 12.1 Å². The molecule has 1 aromatic carbocycles. The van der Waals surface area contributed by atoms with Crippen molar-refractivity contribution in [2.75, 3.05) is 13.2 Å². The van der Waals surface area contributed by atoms with Crippen LogP contribution in [0, 0.1) is 5.92 Å². The Morgan fingerprint density at radius 1 is 1.28 bits per heavy atom. The molecule has 0 saturated heterocycles. The van der Waals surface area contributed by atoms with Gasteiger partial charge in [-0.05, 0) is 24.0 Å². The van der Waals surface area contributed by atoms with Crippen LogP contribution in [0.5, 0.6) is 11.5 Å². The minimum absolute atomic E-state index is 0.260. The highest BCUT2D eigenvalue weighted by atomic mass is 79.9. The molecule has 4 heteroatoms. The van der Waals surface area contributed by atoms with Crippen molar-refractivity contribution in [1.29, 1.82) is 0 Å². The van der Waals surface area contributed by atoms with Gasteiger partial charge in [0.25, 0.3) is 0 Å². The highest BCUT2D eigenvalue weighted by Crippen LogP contribution is 2.42. The number of benzene rings is 1. The predicted octanol–water partition coefficient (Wildman–Crippen LogP) is 4.98. The Hall–Kier alpha value is -0.410. The monoisotopic (exact) mass is 332 g/mol. The van der Waals surface area contributed by atoms with Crippen LogP contribution in [0.4, 0.5) is 0 Å². The molecule has 0 radical (unpaired) electrons. The Morgan fingerprint density at radius 2 is 1.89 bits per heavy atom. The van der Waals surface area contributed by atoms with E-state index in [0.717, 1.165) is 28.5 Å². The summed E-state index contributed by atoms with van der Waals surface area (Å²) in [7, 11) is 0. The van der Waals surface area contributed by atoms with Crippen LogP contribution in [0.15, 0.2) is 12.1 Å². The number of halogens is 2. The van der Waals surface area contributed by atoms with E-state index in [9.17, 15) is 0 Å². The molecule has 1 aliphatic rings. The van der Waals surface area contributed by atoms with E-state index in [0.29, 0.717) is 19.1 Å². The normalized spacial score (nSPS) is 17.3. The third-order valence-electron chi connectivity index (χ3n) is 3.31. The second-order valence-corrected chi connectivity index (χ2v) is 6.25. The molecule has 0 N–H and O–H groups in total. The molecule has 0 saturated carbocycles. The Bertz CT molecular complexity index is 423. The summed E-state index contributed by atoms with van der Waals surface area (Å²) in [6, 6.07) is 3.86. The van der Waals surface area contributed by atoms with E-state index in [4.69, 9.17) is 21.1 Å². The zero-order valence-electron chi connectivity index (χ0n) is 10.7. The molecule has 0 spiro atoms. The van der Waals surface area contributed by atoms with E-state index >= 15 is 0 Å². The topological polar surface area (TPSA) is 18.5 Å². The highest BCUT2D eigenvalue weighted by Gasteiger charge is 2.20. The average Bonchev–Trinajstić information content (AvgIpc) is 2.37. The van der Waals surface area contributed by atoms with Crippen LogP contribution in [-0.4, -0.2) is 13.2 Å². The van der Waals surface area contributed by atoms with Crippen molar-refractivity contribution < 1.29 is 9.47 Å². The van der Waals surface area contributed by atoms with Crippen LogP contribution in [0.3, 0.4) is 0 Å². The molecule has 1 heterocycles. The van der Waals surface area contributed by atoms with Crippen LogP contribution in [0.2, 0.25) is 5.02 Å². The lowest BCUT2D eigenvalue weighted by molar-refractivity contribution is 0.171. The molecule has 1 aliphatic heterocycles. The third kappa shape index (κ3) is 3.12. The first-order valence-electron chi connectivity index (χ1n) is 6.35. The van der Waals surface area contributed by atoms with Gasteiger partial charge in [-0.1, -0.05) is 47.8 Å². The molecule has 0 aromatic heterocycles. The number of hydrogen-bond donors (Lipinski definition) is 0. The summed E-state index contributed by atoms with van der Waals surface area (Å²) in [4.78, 5) is 0.260. The standard InChI is InChI=1S/C14H18BrClO2/c1-3-9(2)6-11(15)10-7-13-14(8-12(10)16)18-5-4-17-13/h7-9,11H,3-6H2,1-2H3. The van der Waals surface area contributed by atoms with Crippen LogP contribution in [0.1, 0.15) is 37.1 Å². The van der Waals surface area contributed by atoms with Gasteiger partial charge in [-0.15, -0.1) is 0 Å². The molecule has 2 atom stereocenters. The number of hydrogen-bond acceptors (Lipinski definition) is 2. The molecule has 2 rings (SSSR count). The van der Waals surface area contributed by atoms with E-state index in [-0.39, 0.29) is 4.83 Å². The van der Waals surface area contributed by atoms with Gasteiger partial charge >= 0.3 is 0 Å². The van der Waals surface area contributed by atoms with Gasteiger partial charge in [-0.25, -0.2) is 0 Å². The van der Waals surface area contributed by atoms with Gasteiger partial charge in [-0.3, -0.25) is 0 Å². The summed E-state index contributed by atoms with van der Waals surface area (Å²) in [6.07, 6.45) is 2.24. The summed E-state index contributed by atoms with van der Waals surface area (Å²) < 4.78 is 11.1. The van der Waals surface area contributed by atoms with Crippen LogP contribution >= 0.6 is 27.5 Å². The number of fused-ring (bicyclic) bond motifs is 1. The van der Waals surface area contributed by atoms with E-state index in [2.05, 4.69) is 29.8 Å². The van der Waals surface area contributed by atoms with E-state index < -0.39 is 0 Å². The lowest BCUT2D eigenvalue weighted by Crippen LogP contribution is -2.15. The minimum atomic E-state index is 0.260. The number of rotatable bonds is 4. The quantitative estimate of drug-likeness (QED) is 0.723. The van der Waals surface area contributed by atoms with Crippen molar-refractivity contribution in [3.8, 4) is 11.5 Å². The molecule has 100 valence electrons.